The van der Waals surface area contributed by atoms with Crippen molar-refractivity contribution < 1.29 is 67.1 Å². The van der Waals surface area contributed by atoms with Gasteiger partial charge in [-0.25, -0.2) is 9.69 Å². The second kappa shape index (κ2) is 8.14. The molecule has 3 fully saturated rings. The van der Waals surface area contributed by atoms with E-state index in [4.69, 9.17) is 5.26 Å². The number of alkyl halides is 12. The summed E-state index contributed by atoms with van der Waals surface area (Å²) in [5.41, 5.74) is -3.17. The molecule has 212 valence electrons. The van der Waals surface area contributed by atoms with E-state index in [1.165, 1.54) is 6.07 Å². The molecule has 3 aliphatic heterocycles. The molecule has 0 aliphatic carbocycles. The van der Waals surface area contributed by atoms with Gasteiger partial charge in [0.05, 0.1) is 35.0 Å². The average molecular weight is 582 g/mol. The Morgan fingerprint density at radius 3 is 2.03 bits per heavy atom. The second-order valence-electron chi connectivity index (χ2n) is 8.78. The van der Waals surface area contributed by atoms with Crippen molar-refractivity contribution in [2.45, 2.75) is 54.7 Å². The van der Waals surface area contributed by atoms with E-state index < -0.39 is 95.9 Å². The van der Waals surface area contributed by atoms with Crippen LogP contribution in [-0.2, 0) is 15.8 Å². The van der Waals surface area contributed by atoms with Gasteiger partial charge in [-0.2, -0.15) is 57.9 Å². The van der Waals surface area contributed by atoms with Crippen LogP contribution in [0, 0.1) is 11.3 Å². The lowest BCUT2D eigenvalue weighted by Gasteiger charge is -2.39. The molecular formula is C20H10F12N4O3. The highest BCUT2D eigenvalue weighted by atomic mass is 19.4. The van der Waals surface area contributed by atoms with E-state index in [0.717, 1.165) is 6.07 Å². The Balaban J connectivity index is 1.66. The molecule has 19 heteroatoms. The normalized spacial score (nSPS) is 24.0. The largest absolute Gasteiger partial charge is 0.460 e. The molecule has 1 aromatic rings. The van der Waals surface area contributed by atoms with Crippen LogP contribution < -0.4 is 4.90 Å². The maximum atomic E-state index is 14.3. The van der Waals surface area contributed by atoms with Crippen molar-refractivity contribution in [2.24, 2.45) is 0 Å². The maximum Gasteiger partial charge on any atom is 0.460 e. The van der Waals surface area contributed by atoms with Crippen molar-refractivity contribution in [3.8, 4) is 6.07 Å². The fourth-order valence-corrected chi connectivity index (χ4v) is 4.82. The summed E-state index contributed by atoms with van der Waals surface area (Å²) in [6.07, 6.45) is -12.8. The van der Waals surface area contributed by atoms with E-state index in [9.17, 15) is 67.1 Å². The van der Waals surface area contributed by atoms with Crippen LogP contribution in [0.1, 0.15) is 17.5 Å². The standard InChI is InChI=1S/C20H10F12N4O3/c21-16(22,18(26,27)19(28,29)20(30,31)32)14(38)34-6-9-4-11(34)12-13(37)36(15(39)35(9)12)8-2-1-7(5-33)10(3-8)17(23,24)25/h1-3,9,11-12H,4,6H2. The van der Waals surface area contributed by atoms with Crippen LogP contribution in [-0.4, -0.2) is 76.3 Å². The first kappa shape index (κ1) is 28.3. The smallest absolute Gasteiger partial charge is 0.330 e. The summed E-state index contributed by atoms with van der Waals surface area (Å²) in [6.45, 7) is -1.07. The third kappa shape index (κ3) is 3.70. The molecule has 7 nitrogen and oxygen atoms in total. The monoisotopic (exact) mass is 582 g/mol. The van der Waals surface area contributed by atoms with Crippen LogP contribution in [0.15, 0.2) is 18.2 Å². The molecule has 0 aromatic heterocycles. The van der Waals surface area contributed by atoms with Gasteiger partial charge in [0.1, 0.15) is 6.04 Å². The third-order valence-corrected chi connectivity index (χ3v) is 6.63. The van der Waals surface area contributed by atoms with Gasteiger partial charge in [0.2, 0.25) is 0 Å². The number of nitrogens with zero attached hydrogens (tertiary/aromatic N) is 4. The van der Waals surface area contributed by atoms with E-state index in [2.05, 4.69) is 0 Å². The van der Waals surface area contributed by atoms with Crippen LogP contribution in [0.4, 0.5) is 63.2 Å². The Labute approximate surface area is 208 Å². The molecule has 1 aromatic carbocycles. The van der Waals surface area contributed by atoms with Crippen molar-refractivity contribution >= 4 is 23.5 Å². The number of hydrogen-bond donors (Lipinski definition) is 0. The minimum atomic E-state index is -7.34. The number of rotatable bonds is 4. The summed E-state index contributed by atoms with van der Waals surface area (Å²) >= 11 is 0. The lowest BCUT2D eigenvalue weighted by atomic mass is 10.0. The summed E-state index contributed by atoms with van der Waals surface area (Å²) in [4.78, 5) is 38.7. The zero-order valence-electron chi connectivity index (χ0n) is 18.4. The lowest BCUT2D eigenvalue weighted by molar-refractivity contribution is -0.389. The SMILES string of the molecule is N#Cc1ccc(N2C(=O)C3C4CC(CN4C(=O)C(F)(F)C(F)(F)C(F)(F)C(F)(F)F)N3C2=O)cc1C(F)(F)F. The predicted octanol–water partition coefficient (Wildman–Crippen LogP) is 4.17. The number of amides is 4. The van der Waals surface area contributed by atoms with Crippen molar-refractivity contribution in [1.82, 2.24) is 9.80 Å². The van der Waals surface area contributed by atoms with Gasteiger partial charge in [0.15, 0.2) is 0 Å². The number of hydrogen-bond acceptors (Lipinski definition) is 4. The topological polar surface area (TPSA) is 84.7 Å². The highest BCUT2D eigenvalue weighted by molar-refractivity contribution is 6.22. The van der Waals surface area contributed by atoms with Gasteiger partial charge in [-0.15, -0.1) is 0 Å². The van der Waals surface area contributed by atoms with E-state index in [1.807, 2.05) is 0 Å². The van der Waals surface area contributed by atoms with Gasteiger partial charge in [-0.1, -0.05) is 0 Å². The molecule has 0 spiro atoms. The number of piperazine rings is 1. The van der Waals surface area contributed by atoms with Crippen LogP contribution >= 0.6 is 0 Å². The maximum absolute atomic E-state index is 14.3. The predicted molar refractivity (Wildman–Crippen MR) is 99.5 cm³/mol. The van der Waals surface area contributed by atoms with Crippen molar-refractivity contribution in [2.75, 3.05) is 11.4 Å². The van der Waals surface area contributed by atoms with Crippen molar-refractivity contribution in [3.05, 3.63) is 29.3 Å². The Bertz CT molecular complexity index is 1300. The number of fused-ring (bicyclic) bond motifs is 5. The van der Waals surface area contributed by atoms with Crippen molar-refractivity contribution in [3.63, 3.8) is 0 Å². The molecule has 3 aliphatic rings. The molecule has 3 heterocycles. The third-order valence-electron chi connectivity index (χ3n) is 6.63. The zero-order valence-corrected chi connectivity index (χ0v) is 18.4. The molecule has 2 bridgehead atoms. The van der Waals surface area contributed by atoms with E-state index in [-0.39, 0.29) is 15.9 Å². The minimum absolute atomic E-state index is 0.152. The first-order chi connectivity index (χ1) is 17.6. The van der Waals surface area contributed by atoms with Crippen LogP contribution in [0.2, 0.25) is 0 Å². The van der Waals surface area contributed by atoms with Crippen LogP contribution in [0.25, 0.3) is 0 Å². The molecule has 0 radical (unpaired) electrons. The van der Waals surface area contributed by atoms with Crippen molar-refractivity contribution in [1.29, 1.82) is 5.26 Å². The summed E-state index contributed by atoms with van der Waals surface area (Å²) in [5.74, 6) is -25.8. The van der Waals surface area contributed by atoms with Crippen LogP contribution in [0.5, 0.6) is 0 Å². The lowest BCUT2D eigenvalue weighted by Crippen LogP contribution is -2.67. The first-order valence-electron chi connectivity index (χ1n) is 10.4. The molecule has 0 N–H and O–H groups in total. The van der Waals surface area contributed by atoms with E-state index in [0.29, 0.717) is 11.0 Å². The Hall–Kier alpha value is -3.72. The fourth-order valence-electron chi connectivity index (χ4n) is 4.82. The summed E-state index contributed by atoms with van der Waals surface area (Å²) in [7, 11) is 0. The Morgan fingerprint density at radius 1 is 0.923 bits per heavy atom. The number of urea groups is 1. The van der Waals surface area contributed by atoms with Gasteiger partial charge in [0.25, 0.3) is 11.8 Å². The molecule has 4 rings (SSSR count). The summed E-state index contributed by atoms with van der Waals surface area (Å²) in [5, 5.41) is 8.88. The molecule has 39 heavy (non-hydrogen) atoms. The quantitative estimate of drug-likeness (QED) is 0.395. The summed E-state index contributed by atoms with van der Waals surface area (Å²) < 4.78 is 160. The number of carbonyl (C=O) groups is 3. The Kier molecular flexibility index (Phi) is 5.91. The highest BCUT2D eigenvalue weighted by Crippen LogP contribution is 2.54. The highest BCUT2D eigenvalue weighted by Gasteiger charge is 2.84. The second-order valence-corrected chi connectivity index (χ2v) is 8.78. The number of anilines is 1. The number of carbonyl (C=O) groups excluding carboxylic acids is 3. The van der Waals surface area contributed by atoms with Gasteiger partial charge >= 0.3 is 36.2 Å². The average Bonchev–Trinajstić information content (AvgIpc) is 3.47. The molecule has 3 saturated heterocycles. The zero-order chi connectivity index (χ0) is 29.7. The first-order valence-corrected chi connectivity index (χ1v) is 10.4. The van der Waals surface area contributed by atoms with E-state index >= 15 is 0 Å². The van der Waals surface area contributed by atoms with Gasteiger partial charge in [0, 0.05) is 6.54 Å². The number of imide groups is 1. The van der Waals surface area contributed by atoms with Gasteiger partial charge < -0.3 is 9.80 Å². The molecular weight excluding hydrogens is 572 g/mol. The van der Waals surface area contributed by atoms with E-state index in [1.54, 1.807) is 0 Å². The minimum Gasteiger partial charge on any atom is -0.330 e. The Morgan fingerprint density at radius 2 is 1.51 bits per heavy atom. The number of likely N-dealkylation sites (tertiary alicyclic amines) is 1. The molecule has 0 saturated carbocycles. The molecule has 4 amide bonds. The number of nitriles is 1. The molecule has 3 atom stereocenters. The summed E-state index contributed by atoms with van der Waals surface area (Å²) in [6, 6.07) is -3.64. The number of benzene rings is 1. The van der Waals surface area contributed by atoms with Gasteiger partial charge in [-0.05, 0) is 24.6 Å². The molecule has 3 unspecified atom stereocenters. The van der Waals surface area contributed by atoms with Gasteiger partial charge in [-0.3, -0.25) is 9.59 Å². The van der Waals surface area contributed by atoms with Crippen LogP contribution in [0.3, 0.4) is 0 Å². The number of halogens is 12. The fraction of sp³-hybridized carbons (Fsp3) is 0.500.